The van der Waals surface area contributed by atoms with Crippen LogP contribution in [-0.2, 0) is 11.4 Å². The number of halogens is 1. The number of fused-ring (bicyclic) bond motifs is 1. The second-order valence-electron chi connectivity index (χ2n) is 5.49. The number of nitrogens with zero attached hydrogens (tertiary/aromatic N) is 3. The van der Waals surface area contributed by atoms with Crippen molar-refractivity contribution >= 4 is 40.4 Å². The fourth-order valence-corrected chi connectivity index (χ4v) is 2.44. The normalized spacial score (nSPS) is 10.6. The third-order valence-corrected chi connectivity index (χ3v) is 4.03. The van der Waals surface area contributed by atoms with Crippen LogP contribution in [0.3, 0.4) is 0 Å². The van der Waals surface area contributed by atoms with E-state index in [1.807, 2.05) is 0 Å². The molecule has 0 radical (unpaired) electrons. The van der Waals surface area contributed by atoms with Crippen molar-refractivity contribution in [1.82, 2.24) is 31.0 Å². The Morgan fingerprint density at radius 1 is 1.30 bits per heavy atom. The number of aromatic nitrogens is 4. The standard InChI is InChI=1S/C16H16ClN7O3/c1-19-13(25)6-20-16(26)8-2-3-10(17)9(4-8)7-27-11-5-12(18)21-15-14(11)22-24-23-15/h2-5H,6-7H2,1H3,(H,19,25)(H,20,26)(H3,18,21,22,23,24). The van der Waals surface area contributed by atoms with Crippen molar-refractivity contribution in [3.8, 4) is 5.75 Å². The van der Waals surface area contributed by atoms with E-state index in [0.717, 1.165) is 0 Å². The molecule has 140 valence electrons. The highest BCUT2D eigenvalue weighted by Crippen LogP contribution is 2.25. The Balaban J connectivity index is 1.75. The van der Waals surface area contributed by atoms with E-state index >= 15 is 0 Å². The molecule has 0 atom stereocenters. The minimum Gasteiger partial charge on any atom is -0.486 e. The summed E-state index contributed by atoms with van der Waals surface area (Å²) in [5.74, 6) is -0.0760. The number of benzene rings is 1. The van der Waals surface area contributed by atoms with Crippen molar-refractivity contribution in [3.05, 3.63) is 40.4 Å². The van der Waals surface area contributed by atoms with Gasteiger partial charge in [-0.3, -0.25) is 9.59 Å². The zero-order valence-electron chi connectivity index (χ0n) is 14.2. The van der Waals surface area contributed by atoms with E-state index in [2.05, 4.69) is 31.0 Å². The first-order valence-corrected chi connectivity index (χ1v) is 8.22. The number of nitrogens with two attached hydrogens (primary N) is 1. The van der Waals surface area contributed by atoms with Crippen LogP contribution in [0.15, 0.2) is 24.3 Å². The number of likely N-dealkylation sites (N-methyl/N-ethyl adjacent to an activating group) is 1. The lowest BCUT2D eigenvalue weighted by molar-refractivity contribution is -0.119. The van der Waals surface area contributed by atoms with E-state index in [4.69, 9.17) is 22.1 Å². The topological polar surface area (TPSA) is 148 Å². The van der Waals surface area contributed by atoms with Gasteiger partial charge in [-0.15, -0.1) is 5.10 Å². The molecule has 3 aromatic rings. The van der Waals surface area contributed by atoms with E-state index in [1.165, 1.54) is 13.1 Å². The van der Waals surface area contributed by atoms with Gasteiger partial charge in [-0.1, -0.05) is 11.6 Å². The summed E-state index contributed by atoms with van der Waals surface area (Å²) < 4.78 is 5.75. The molecule has 10 nitrogen and oxygen atoms in total. The van der Waals surface area contributed by atoms with Crippen molar-refractivity contribution in [3.63, 3.8) is 0 Å². The molecule has 1 aromatic carbocycles. The number of carbonyl (C=O) groups is 2. The zero-order chi connectivity index (χ0) is 19.4. The summed E-state index contributed by atoms with van der Waals surface area (Å²) in [6, 6.07) is 6.26. The summed E-state index contributed by atoms with van der Waals surface area (Å²) in [5, 5.41) is 15.7. The largest absolute Gasteiger partial charge is 0.486 e. The first kappa shape index (κ1) is 18.4. The van der Waals surface area contributed by atoms with Crippen LogP contribution < -0.4 is 21.1 Å². The summed E-state index contributed by atoms with van der Waals surface area (Å²) in [4.78, 5) is 27.4. The first-order valence-electron chi connectivity index (χ1n) is 7.85. The lowest BCUT2D eigenvalue weighted by Gasteiger charge is -2.10. The Bertz CT molecular complexity index is 1000. The van der Waals surface area contributed by atoms with E-state index in [1.54, 1.807) is 18.2 Å². The predicted molar refractivity (Wildman–Crippen MR) is 98.3 cm³/mol. The van der Waals surface area contributed by atoms with Crippen LogP contribution >= 0.6 is 11.6 Å². The number of anilines is 1. The Morgan fingerprint density at radius 2 is 2.11 bits per heavy atom. The minimum atomic E-state index is -0.399. The molecule has 0 fully saturated rings. The van der Waals surface area contributed by atoms with Gasteiger partial charge in [0.15, 0.2) is 11.3 Å². The molecule has 0 bridgehead atoms. The van der Waals surface area contributed by atoms with Crippen LogP contribution in [0.5, 0.6) is 5.75 Å². The van der Waals surface area contributed by atoms with Crippen LogP contribution in [0.2, 0.25) is 5.02 Å². The molecule has 27 heavy (non-hydrogen) atoms. The summed E-state index contributed by atoms with van der Waals surface area (Å²) in [5.41, 5.74) is 7.42. The van der Waals surface area contributed by atoms with Gasteiger partial charge in [-0.2, -0.15) is 10.3 Å². The van der Waals surface area contributed by atoms with Crippen LogP contribution in [0.25, 0.3) is 11.2 Å². The monoisotopic (exact) mass is 389 g/mol. The van der Waals surface area contributed by atoms with E-state index in [0.29, 0.717) is 33.1 Å². The van der Waals surface area contributed by atoms with Crippen molar-refractivity contribution in [2.75, 3.05) is 19.3 Å². The van der Waals surface area contributed by atoms with Crippen molar-refractivity contribution in [2.45, 2.75) is 6.61 Å². The summed E-state index contributed by atoms with van der Waals surface area (Å²) >= 11 is 6.20. The maximum Gasteiger partial charge on any atom is 0.251 e. The molecule has 5 N–H and O–H groups in total. The zero-order valence-corrected chi connectivity index (χ0v) is 15.0. The maximum absolute atomic E-state index is 12.2. The maximum atomic E-state index is 12.2. The van der Waals surface area contributed by atoms with Gasteiger partial charge in [0, 0.05) is 29.3 Å². The van der Waals surface area contributed by atoms with Gasteiger partial charge in [0.25, 0.3) is 5.91 Å². The molecule has 3 rings (SSSR count). The molecule has 0 saturated carbocycles. The van der Waals surface area contributed by atoms with E-state index in [9.17, 15) is 9.59 Å². The molecule has 11 heteroatoms. The number of carbonyl (C=O) groups excluding carboxylic acids is 2. The number of ether oxygens (including phenoxy) is 1. The van der Waals surface area contributed by atoms with Gasteiger partial charge < -0.3 is 21.1 Å². The van der Waals surface area contributed by atoms with E-state index in [-0.39, 0.29) is 24.9 Å². The predicted octanol–water partition coefficient (Wildman–Crippen LogP) is 0.643. The minimum absolute atomic E-state index is 0.0703. The molecule has 0 aliphatic carbocycles. The third-order valence-electron chi connectivity index (χ3n) is 3.66. The van der Waals surface area contributed by atoms with Crippen molar-refractivity contribution in [1.29, 1.82) is 0 Å². The van der Waals surface area contributed by atoms with Gasteiger partial charge in [0.05, 0.1) is 6.54 Å². The van der Waals surface area contributed by atoms with E-state index < -0.39 is 5.91 Å². The van der Waals surface area contributed by atoms with Crippen LogP contribution in [0, 0.1) is 0 Å². The molecule has 2 heterocycles. The van der Waals surface area contributed by atoms with Gasteiger partial charge in [-0.05, 0) is 18.2 Å². The number of nitrogen functional groups attached to an aromatic ring is 1. The number of rotatable bonds is 6. The Labute approximate surface area is 158 Å². The lowest BCUT2D eigenvalue weighted by atomic mass is 10.1. The highest BCUT2D eigenvalue weighted by Gasteiger charge is 2.13. The molecular formula is C16H16ClN7O3. The molecular weight excluding hydrogens is 374 g/mol. The number of hydrogen-bond donors (Lipinski definition) is 4. The first-order chi connectivity index (χ1) is 13.0. The SMILES string of the molecule is CNC(=O)CNC(=O)c1ccc(Cl)c(COc2cc(N)nc3n[nH]nc23)c1. The fraction of sp³-hybridized carbons (Fsp3) is 0.188. The van der Waals surface area contributed by atoms with Gasteiger partial charge >= 0.3 is 0 Å². The number of pyridine rings is 1. The van der Waals surface area contributed by atoms with Crippen molar-refractivity contribution in [2.24, 2.45) is 0 Å². The number of nitrogens with one attached hydrogen (secondary N) is 3. The van der Waals surface area contributed by atoms with Crippen LogP contribution in [-0.4, -0.2) is 45.8 Å². The van der Waals surface area contributed by atoms with Gasteiger partial charge in [-0.25, -0.2) is 4.98 Å². The molecule has 0 aliphatic heterocycles. The van der Waals surface area contributed by atoms with Crippen LogP contribution in [0.4, 0.5) is 5.82 Å². The number of amides is 2. The molecule has 2 aromatic heterocycles. The Kier molecular flexibility index (Phi) is 5.36. The highest BCUT2D eigenvalue weighted by molar-refractivity contribution is 6.31. The number of H-pyrrole nitrogens is 1. The molecule has 2 amide bonds. The average Bonchev–Trinajstić information content (AvgIpc) is 3.13. The highest BCUT2D eigenvalue weighted by atomic mass is 35.5. The smallest absolute Gasteiger partial charge is 0.251 e. The summed E-state index contributed by atoms with van der Waals surface area (Å²) in [6.07, 6.45) is 0. The second kappa shape index (κ2) is 7.87. The van der Waals surface area contributed by atoms with Gasteiger partial charge in [0.1, 0.15) is 12.4 Å². The second-order valence-corrected chi connectivity index (χ2v) is 5.90. The van der Waals surface area contributed by atoms with Crippen molar-refractivity contribution < 1.29 is 14.3 Å². The fourth-order valence-electron chi connectivity index (χ4n) is 2.27. The molecule has 0 unspecified atom stereocenters. The Hall–Kier alpha value is -3.40. The number of hydrogen-bond acceptors (Lipinski definition) is 7. The molecule has 0 saturated heterocycles. The summed E-state index contributed by atoms with van der Waals surface area (Å²) in [7, 11) is 1.49. The number of aromatic amines is 1. The third kappa shape index (κ3) is 4.23. The lowest BCUT2D eigenvalue weighted by Crippen LogP contribution is -2.35. The Morgan fingerprint density at radius 3 is 2.89 bits per heavy atom. The average molecular weight is 390 g/mol. The van der Waals surface area contributed by atoms with Gasteiger partial charge in [0.2, 0.25) is 11.6 Å². The summed E-state index contributed by atoms with van der Waals surface area (Å²) in [6.45, 7) is -0.0506. The van der Waals surface area contributed by atoms with Crippen LogP contribution in [0.1, 0.15) is 15.9 Å². The molecule has 0 aliphatic rings. The quantitative estimate of drug-likeness (QED) is 0.483. The molecule has 0 spiro atoms.